The molecule has 1 heterocycles. The molecule has 0 radical (unpaired) electrons. The van der Waals surface area contributed by atoms with Crippen LogP contribution in [0.4, 0.5) is 11.4 Å². The number of amides is 1. The van der Waals surface area contributed by atoms with Crippen LogP contribution in [0.5, 0.6) is 0 Å². The Balaban J connectivity index is 1.70. The fraction of sp³-hybridized carbons (Fsp3) is 0.154. The Hall–Kier alpha value is -3.84. The van der Waals surface area contributed by atoms with Crippen LogP contribution in [0.3, 0.4) is 0 Å². The van der Waals surface area contributed by atoms with Crippen LogP contribution in [0.1, 0.15) is 22.3 Å². The van der Waals surface area contributed by atoms with Crippen molar-refractivity contribution in [3.05, 3.63) is 101 Å². The molecule has 3 aromatic carbocycles. The van der Waals surface area contributed by atoms with E-state index in [0.717, 1.165) is 28.1 Å². The maximum atomic E-state index is 13.4. The first-order chi connectivity index (χ1) is 14.6. The third-order valence-corrected chi connectivity index (χ3v) is 5.31. The summed E-state index contributed by atoms with van der Waals surface area (Å²) in [7, 11) is 0. The average molecular weight is 393 g/mol. The summed E-state index contributed by atoms with van der Waals surface area (Å²) in [6.07, 6.45) is 0. The molecule has 1 amide bonds. The van der Waals surface area contributed by atoms with Crippen molar-refractivity contribution < 1.29 is 4.79 Å². The van der Waals surface area contributed by atoms with Gasteiger partial charge in [-0.15, -0.1) is 0 Å². The molecule has 0 saturated heterocycles. The molecule has 3 aromatic rings. The highest BCUT2D eigenvalue weighted by molar-refractivity contribution is 6.33. The molecule has 4 heteroatoms. The summed E-state index contributed by atoms with van der Waals surface area (Å²) < 4.78 is 0. The zero-order chi connectivity index (χ0) is 21.1. The number of nitrogens with zero attached hydrogens (tertiary/aromatic N) is 2. The number of carbonyl (C=O) groups is 1. The van der Waals surface area contributed by atoms with Gasteiger partial charge in [-0.1, -0.05) is 59.7 Å². The molecule has 4 rings (SSSR count). The van der Waals surface area contributed by atoms with Gasteiger partial charge in [0.2, 0.25) is 0 Å². The van der Waals surface area contributed by atoms with Crippen molar-refractivity contribution in [3.8, 4) is 6.07 Å². The van der Waals surface area contributed by atoms with Crippen LogP contribution in [0, 0.1) is 25.2 Å². The van der Waals surface area contributed by atoms with Crippen LogP contribution in [-0.4, -0.2) is 12.5 Å². The summed E-state index contributed by atoms with van der Waals surface area (Å²) in [6.45, 7) is 4.81. The Labute approximate surface area is 177 Å². The minimum absolute atomic E-state index is 0.123. The summed E-state index contributed by atoms with van der Waals surface area (Å²) in [5.74, 6) is -0.123. The molecule has 0 saturated carbocycles. The highest BCUT2D eigenvalue weighted by atomic mass is 16.2. The molecule has 1 aliphatic heterocycles. The van der Waals surface area contributed by atoms with E-state index < -0.39 is 0 Å². The second-order valence-corrected chi connectivity index (χ2v) is 7.58. The number of aryl methyl sites for hydroxylation is 2. The van der Waals surface area contributed by atoms with Crippen molar-refractivity contribution in [1.82, 2.24) is 0 Å². The predicted molar refractivity (Wildman–Crippen MR) is 121 cm³/mol. The lowest BCUT2D eigenvalue weighted by Crippen LogP contribution is -2.26. The Morgan fingerprint density at radius 3 is 2.37 bits per heavy atom. The number of hydrogen-bond acceptors (Lipinski definition) is 3. The standard InChI is InChI=1S/C26H23N3O/c1-18-8-11-22(12-9-18)28-16-21(15-27)25-23-14-19(2)10-13-24(23)29(26(25)30)17-20-6-4-3-5-7-20/h3-14,28H,16-17H2,1-2H3/b25-21-. The van der Waals surface area contributed by atoms with Crippen LogP contribution in [0.25, 0.3) is 5.57 Å². The quantitative estimate of drug-likeness (QED) is 0.476. The summed E-state index contributed by atoms with van der Waals surface area (Å²) in [5, 5.41) is 13.2. The number of rotatable bonds is 5. The van der Waals surface area contributed by atoms with E-state index >= 15 is 0 Å². The molecule has 0 aliphatic carbocycles. The maximum Gasteiger partial charge on any atom is 0.260 e. The Bertz CT molecular complexity index is 1160. The second kappa shape index (κ2) is 8.26. The molecule has 30 heavy (non-hydrogen) atoms. The predicted octanol–water partition coefficient (Wildman–Crippen LogP) is 5.24. The first kappa shape index (κ1) is 19.5. The number of carbonyl (C=O) groups excluding carboxylic acids is 1. The summed E-state index contributed by atoms with van der Waals surface area (Å²) in [6, 6.07) is 26.1. The SMILES string of the molecule is Cc1ccc(NC/C(C#N)=C2\C(=O)N(Cc3ccccc3)c3ccc(C)cc32)cc1. The molecule has 0 spiro atoms. The minimum Gasteiger partial charge on any atom is -0.380 e. The van der Waals surface area contributed by atoms with Crippen LogP contribution >= 0.6 is 0 Å². The van der Waals surface area contributed by atoms with Gasteiger partial charge in [0, 0.05) is 11.3 Å². The van der Waals surface area contributed by atoms with Crippen molar-refractivity contribution in [2.75, 3.05) is 16.8 Å². The van der Waals surface area contributed by atoms with Gasteiger partial charge in [0.15, 0.2) is 0 Å². The van der Waals surface area contributed by atoms with E-state index in [1.807, 2.05) is 86.6 Å². The lowest BCUT2D eigenvalue weighted by atomic mass is 10.00. The molecule has 0 aromatic heterocycles. The fourth-order valence-electron chi connectivity index (χ4n) is 3.71. The molecule has 0 unspecified atom stereocenters. The highest BCUT2D eigenvalue weighted by Crippen LogP contribution is 2.40. The van der Waals surface area contributed by atoms with E-state index in [1.165, 1.54) is 5.56 Å². The Morgan fingerprint density at radius 1 is 0.967 bits per heavy atom. The van der Waals surface area contributed by atoms with E-state index in [2.05, 4.69) is 11.4 Å². The molecular weight excluding hydrogens is 370 g/mol. The average Bonchev–Trinajstić information content (AvgIpc) is 3.02. The van der Waals surface area contributed by atoms with E-state index in [0.29, 0.717) is 24.2 Å². The van der Waals surface area contributed by atoms with Crippen LogP contribution in [0.2, 0.25) is 0 Å². The van der Waals surface area contributed by atoms with Gasteiger partial charge in [0.25, 0.3) is 5.91 Å². The Morgan fingerprint density at radius 2 is 1.67 bits per heavy atom. The molecule has 148 valence electrons. The largest absolute Gasteiger partial charge is 0.380 e. The van der Waals surface area contributed by atoms with E-state index in [9.17, 15) is 10.1 Å². The van der Waals surface area contributed by atoms with Gasteiger partial charge in [-0.2, -0.15) is 5.26 Å². The van der Waals surface area contributed by atoms with Gasteiger partial charge in [-0.3, -0.25) is 4.79 Å². The van der Waals surface area contributed by atoms with Crippen LogP contribution in [-0.2, 0) is 11.3 Å². The molecular formula is C26H23N3O. The fourth-order valence-corrected chi connectivity index (χ4v) is 3.71. The monoisotopic (exact) mass is 393 g/mol. The van der Waals surface area contributed by atoms with Gasteiger partial charge in [-0.25, -0.2) is 0 Å². The van der Waals surface area contributed by atoms with E-state index in [-0.39, 0.29) is 5.91 Å². The summed E-state index contributed by atoms with van der Waals surface area (Å²) in [5.41, 5.74) is 6.83. The first-order valence-corrected chi connectivity index (χ1v) is 9.97. The van der Waals surface area contributed by atoms with Crippen LogP contribution < -0.4 is 10.2 Å². The van der Waals surface area contributed by atoms with Crippen molar-refractivity contribution in [2.45, 2.75) is 20.4 Å². The van der Waals surface area contributed by atoms with Gasteiger partial charge < -0.3 is 10.2 Å². The van der Waals surface area contributed by atoms with Gasteiger partial charge in [0.05, 0.1) is 36.0 Å². The first-order valence-electron chi connectivity index (χ1n) is 9.97. The maximum absolute atomic E-state index is 13.4. The highest BCUT2D eigenvalue weighted by Gasteiger charge is 2.34. The van der Waals surface area contributed by atoms with Crippen molar-refractivity contribution in [2.24, 2.45) is 0 Å². The molecule has 0 fully saturated rings. The van der Waals surface area contributed by atoms with Crippen molar-refractivity contribution >= 4 is 22.9 Å². The molecule has 0 bridgehead atoms. The second-order valence-electron chi connectivity index (χ2n) is 7.58. The van der Waals surface area contributed by atoms with Crippen molar-refractivity contribution in [3.63, 3.8) is 0 Å². The summed E-state index contributed by atoms with van der Waals surface area (Å²) >= 11 is 0. The smallest absolute Gasteiger partial charge is 0.260 e. The molecule has 4 nitrogen and oxygen atoms in total. The minimum atomic E-state index is -0.123. The number of anilines is 2. The third kappa shape index (κ3) is 3.83. The Kier molecular flexibility index (Phi) is 5.36. The van der Waals surface area contributed by atoms with E-state index in [4.69, 9.17) is 0 Å². The molecule has 0 atom stereocenters. The normalized spacial score (nSPS) is 14.3. The third-order valence-electron chi connectivity index (χ3n) is 5.31. The van der Waals surface area contributed by atoms with Gasteiger partial charge in [0.1, 0.15) is 0 Å². The number of nitriles is 1. The zero-order valence-corrected chi connectivity index (χ0v) is 17.1. The zero-order valence-electron chi connectivity index (χ0n) is 17.1. The molecule has 1 aliphatic rings. The lowest BCUT2D eigenvalue weighted by Gasteiger charge is -2.17. The summed E-state index contributed by atoms with van der Waals surface area (Å²) in [4.78, 5) is 15.2. The number of nitrogens with one attached hydrogen (secondary N) is 1. The topological polar surface area (TPSA) is 56.1 Å². The number of benzene rings is 3. The van der Waals surface area contributed by atoms with Crippen LogP contribution in [0.15, 0.2) is 78.4 Å². The van der Waals surface area contributed by atoms with E-state index in [1.54, 1.807) is 4.90 Å². The molecule has 1 N–H and O–H groups in total. The number of hydrogen-bond donors (Lipinski definition) is 1. The van der Waals surface area contributed by atoms with Gasteiger partial charge in [-0.05, 0) is 43.7 Å². The number of fused-ring (bicyclic) bond motifs is 1. The van der Waals surface area contributed by atoms with Crippen molar-refractivity contribution in [1.29, 1.82) is 5.26 Å². The lowest BCUT2D eigenvalue weighted by molar-refractivity contribution is -0.113. The van der Waals surface area contributed by atoms with Gasteiger partial charge >= 0.3 is 0 Å².